The molecule has 98 valence electrons. The van der Waals surface area contributed by atoms with E-state index < -0.39 is 0 Å². The summed E-state index contributed by atoms with van der Waals surface area (Å²) in [6.45, 7) is 3.98. The minimum atomic E-state index is -0.197. The summed E-state index contributed by atoms with van der Waals surface area (Å²) in [7, 11) is 0. The first kappa shape index (κ1) is 13.5. The van der Waals surface area contributed by atoms with Crippen LogP contribution in [0.4, 0.5) is 0 Å². The molecule has 0 aromatic heterocycles. The molecule has 1 N–H and O–H groups in total. The zero-order chi connectivity index (χ0) is 13.7. The highest BCUT2D eigenvalue weighted by atomic mass is 16.1. The van der Waals surface area contributed by atoms with Crippen molar-refractivity contribution in [2.75, 3.05) is 0 Å². The maximum Gasteiger partial charge on any atom is 0.179 e. The first-order valence-electron chi connectivity index (χ1n) is 6.58. The van der Waals surface area contributed by atoms with Crippen LogP contribution in [0, 0.1) is 0 Å². The summed E-state index contributed by atoms with van der Waals surface area (Å²) in [6.07, 6.45) is 0. The number of carbonyl (C=O) groups is 1. The first-order chi connectivity index (χ1) is 9.18. The van der Waals surface area contributed by atoms with Crippen molar-refractivity contribution in [1.29, 1.82) is 0 Å². The molecule has 2 heteroatoms. The van der Waals surface area contributed by atoms with Crippen molar-refractivity contribution in [3.8, 4) is 0 Å². The summed E-state index contributed by atoms with van der Waals surface area (Å²) in [6, 6.07) is 19.5. The molecule has 2 aromatic carbocycles. The van der Waals surface area contributed by atoms with Crippen LogP contribution in [0.3, 0.4) is 0 Å². The molecule has 2 atom stereocenters. The van der Waals surface area contributed by atoms with Gasteiger partial charge in [-0.2, -0.15) is 0 Å². The average Bonchev–Trinajstić information content (AvgIpc) is 2.48. The molecule has 0 radical (unpaired) electrons. The minimum Gasteiger partial charge on any atom is -0.301 e. The molecule has 19 heavy (non-hydrogen) atoms. The van der Waals surface area contributed by atoms with E-state index in [1.54, 1.807) is 0 Å². The Bertz CT molecular complexity index is 521. The van der Waals surface area contributed by atoms with Gasteiger partial charge in [-0.25, -0.2) is 0 Å². The van der Waals surface area contributed by atoms with E-state index in [2.05, 4.69) is 24.4 Å². The molecule has 0 spiro atoms. The fourth-order valence-corrected chi connectivity index (χ4v) is 2.14. The molecule has 0 bridgehead atoms. The highest BCUT2D eigenvalue weighted by Crippen LogP contribution is 2.13. The summed E-state index contributed by atoms with van der Waals surface area (Å²) in [5, 5.41) is 3.34. The molecule has 0 saturated carbocycles. The number of ketones is 1. The van der Waals surface area contributed by atoms with E-state index in [1.807, 2.05) is 55.5 Å². The quantitative estimate of drug-likeness (QED) is 0.825. The first-order valence-corrected chi connectivity index (χ1v) is 6.58. The van der Waals surface area contributed by atoms with E-state index >= 15 is 0 Å². The molecular weight excluding hydrogens is 234 g/mol. The van der Waals surface area contributed by atoms with E-state index in [4.69, 9.17) is 0 Å². The Labute approximate surface area is 114 Å². The fraction of sp³-hybridized carbons (Fsp3) is 0.235. The zero-order valence-electron chi connectivity index (χ0n) is 11.3. The summed E-state index contributed by atoms with van der Waals surface area (Å²) in [5.74, 6) is 0.128. The lowest BCUT2D eigenvalue weighted by Crippen LogP contribution is -2.35. The maximum atomic E-state index is 12.2. The van der Waals surface area contributed by atoms with Gasteiger partial charge in [-0.3, -0.25) is 4.79 Å². The van der Waals surface area contributed by atoms with Crippen LogP contribution in [0.15, 0.2) is 60.7 Å². The number of rotatable bonds is 5. The second-order valence-corrected chi connectivity index (χ2v) is 4.75. The van der Waals surface area contributed by atoms with Gasteiger partial charge in [-0.1, -0.05) is 60.7 Å². The Balaban J connectivity index is 2.02. The molecule has 0 heterocycles. The highest BCUT2D eigenvalue weighted by molar-refractivity contribution is 5.99. The third-order valence-corrected chi connectivity index (χ3v) is 3.25. The molecular formula is C17H19NO. The van der Waals surface area contributed by atoms with Crippen molar-refractivity contribution < 1.29 is 4.79 Å². The lowest BCUT2D eigenvalue weighted by atomic mass is 10.0. The normalized spacial score (nSPS) is 13.8. The van der Waals surface area contributed by atoms with Crippen LogP contribution in [-0.4, -0.2) is 11.8 Å². The van der Waals surface area contributed by atoms with Gasteiger partial charge in [-0.15, -0.1) is 0 Å². The molecule has 0 fully saturated rings. The summed E-state index contributed by atoms with van der Waals surface area (Å²) in [4.78, 5) is 12.2. The van der Waals surface area contributed by atoms with Gasteiger partial charge in [0.1, 0.15) is 0 Å². The van der Waals surface area contributed by atoms with E-state index in [9.17, 15) is 4.79 Å². The average molecular weight is 253 g/mol. The molecule has 0 aliphatic carbocycles. The molecule has 2 aromatic rings. The minimum absolute atomic E-state index is 0.128. The van der Waals surface area contributed by atoms with Crippen molar-refractivity contribution in [2.24, 2.45) is 0 Å². The lowest BCUT2D eigenvalue weighted by molar-refractivity contribution is 0.0945. The van der Waals surface area contributed by atoms with Crippen molar-refractivity contribution >= 4 is 5.78 Å². The largest absolute Gasteiger partial charge is 0.301 e. The molecule has 0 amide bonds. The SMILES string of the molecule is CC(N[C@@H](C)C(=O)c1ccccc1)c1ccccc1. The topological polar surface area (TPSA) is 29.1 Å². The van der Waals surface area contributed by atoms with Crippen LogP contribution < -0.4 is 5.32 Å². The van der Waals surface area contributed by atoms with Gasteiger partial charge >= 0.3 is 0 Å². The second kappa shape index (κ2) is 6.30. The van der Waals surface area contributed by atoms with Gasteiger partial charge in [0.05, 0.1) is 6.04 Å². The molecule has 2 nitrogen and oxygen atoms in total. The van der Waals surface area contributed by atoms with Gasteiger partial charge < -0.3 is 5.32 Å². The zero-order valence-corrected chi connectivity index (χ0v) is 11.3. The predicted molar refractivity (Wildman–Crippen MR) is 78.2 cm³/mol. The van der Waals surface area contributed by atoms with Gasteiger partial charge in [0.25, 0.3) is 0 Å². The number of hydrogen-bond donors (Lipinski definition) is 1. The third kappa shape index (κ3) is 3.52. The molecule has 1 unspecified atom stereocenters. The molecule has 0 aliphatic rings. The molecule has 0 saturated heterocycles. The van der Waals surface area contributed by atoms with Gasteiger partial charge in [0.2, 0.25) is 0 Å². The summed E-state index contributed by atoms with van der Waals surface area (Å²) < 4.78 is 0. The number of carbonyl (C=O) groups excluding carboxylic acids is 1. The fourth-order valence-electron chi connectivity index (χ4n) is 2.14. The number of benzene rings is 2. The lowest BCUT2D eigenvalue weighted by Gasteiger charge is -2.19. The number of nitrogens with one attached hydrogen (secondary N) is 1. The van der Waals surface area contributed by atoms with Crippen LogP contribution in [0.2, 0.25) is 0 Å². The Hall–Kier alpha value is -1.93. The van der Waals surface area contributed by atoms with Crippen molar-refractivity contribution in [3.63, 3.8) is 0 Å². The second-order valence-electron chi connectivity index (χ2n) is 4.75. The van der Waals surface area contributed by atoms with Crippen LogP contribution >= 0.6 is 0 Å². The maximum absolute atomic E-state index is 12.2. The van der Waals surface area contributed by atoms with Gasteiger partial charge in [-0.05, 0) is 19.4 Å². The van der Waals surface area contributed by atoms with E-state index in [0.29, 0.717) is 0 Å². The van der Waals surface area contributed by atoms with Crippen LogP contribution in [0.25, 0.3) is 0 Å². The van der Waals surface area contributed by atoms with E-state index in [-0.39, 0.29) is 17.9 Å². The van der Waals surface area contributed by atoms with Gasteiger partial charge in [0.15, 0.2) is 5.78 Å². The predicted octanol–water partition coefficient (Wildman–Crippen LogP) is 3.61. The molecule has 0 aliphatic heterocycles. The van der Waals surface area contributed by atoms with Crippen molar-refractivity contribution in [3.05, 3.63) is 71.8 Å². The van der Waals surface area contributed by atoms with E-state index in [1.165, 1.54) is 5.56 Å². The summed E-state index contributed by atoms with van der Waals surface area (Å²) >= 11 is 0. The molecule has 2 rings (SSSR count). The standard InChI is InChI=1S/C17H19NO/c1-13(15-9-5-3-6-10-15)18-14(2)17(19)16-11-7-4-8-12-16/h3-14,18H,1-2H3/t13?,14-/m0/s1. The monoisotopic (exact) mass is 253 g/mol. The van der Waals surface area contributed by atoms with Crippen LogP contribution in [-0.2, 0) is 0 Å². The van der Waals surface area contributed by atoms with Crippen molar-refractivity contribution in [1.82, 2.24) is 5.32 Å². The third-order valence-electron chi connectivity index (χ3n) is 3.25. The number of Topliss-reactive ketones (excluding diaryl/α,β-unsaturated/α-hetero) is 1. The van der Waals surface area contributed by atoms with E-state index in [0.717, 1.165) is 5.56 Å². The Morgan fingerprint density at radius 1 is 0.895 bits per heavy atom. The summed E-state index contributed by atoms with van der Waals surface area (Å²) in [5.41, 5.74) is 1.94. The van der Waals surface area contributed by atoms with Gasteiger partial charge in [0, 0.05) is 11.6 Å². The van der Waals surface area contributed by atoms with Crippen molar-refractivity contribution in [2.45, 2.75) is 25.9 Å². The van der Waals surface area contributed by atoms with Crippen LogP contribution in [0.1, 0.15) is 35.8 Å². The number of hydrogen-bond acceptors (Lipinski definition) is 2. The Morgan fingerprint density at radius 2 is 1.42 bits per heavy atom. The highest BCUT2D eigenvalue weighted by Gasteiger charge is 2.17. The Morgan fingerprint density at radius 3 is 2.00 bits per heavy atom. The smallest absolute Gasteiger partial charge is 0.179 e. The van der Waals surface area contributed by atoms with Crippen LogP contribution in [0.5, 0.6) is 0 Å². The Kier molecular flexibility index (Phi) is 4.48.